The largest absolute Gasteiger partial charge is 0.493 e. The fraction of sp³-hybridized carbons (Fsp3) is 0.441. The Labute approximate surface area is 556 Å². The molecule has 4 amide bonds. The monoisotopic (exact) mass is 1350 g/mol. The average Bonchev–Trinajstić information content (AvgIpc) is 0.906. The third-order valence-electron chi connectivity index (χ3n) is 15.4. The number of aliphatic hydroxyl groups is 2. The number of benzene rings is 5. The molecule has 0 spiro atoms. The maximum atomic E-state index is 14.9. The molecular weight excluding hydrogens is 1260 g/mol. The van der Waals surface area contributed by atoms with Crippen molar-refractivity contribution >= 4 is 65.0 Å². The number of rotatable bonds is 33. The second-order valence-electron chi connectivity index (χ2n) is 25.2. The zero-order chi connectivity index (χ0) is 69.1. The highest BCUT2D eigenvalue weighted by molar-refractivity contribution is 7.47. The van der Waals surface area contributed by atoms with E-state index in [1.165, 1.54) is 12.3 Å². The number of nitrogens with zero attached hydrogens (tertiary/aromatic N) is 4. The minimum absolute atomic E-state index is 0.0298. The van der Waals surface area contributed by atoms with Gasteiger partial charge in [0.2, 0.25) is 23.7 Å². The minimum atomic E-state index is -5.03. The van der Waals surface area contributed by atoms with Crippen molar-refractivity contribution in [1.29, 1.82) is 0 Å². The molecular formula is C68H88N11O16P. The first-order valence-corrected chi connectivity index (χ1v) is 33.5. The van der Waals surface area contributed by atoms with Crippen molar-refractivity contribution in [3.63, 3.8) is 0 Å². The van der Waals surface area contributed by atoms with Gasteiger partial charge in [0, 0.05) is 36.8 Å². The van der Waals surface area contributed by atoms with Gasteiger partial charge >= 0.3 is 19.6 Å². The number of aliphatic hydroxyl groups excluding tert-OH is 2. The maximum absolute atomic E-state index is 14.9. The molecule has 96 heavy (non-hydrogen) atoms. The van der Waals surface area contributed by atoms with Gasteiger partial charge in [0.05, 0.1) is 19.4 Å². The normalized spacial score (nSPS) is 17.4. The maximum Gasteiger partial charge on any atom is 0.493 e. The molecule has 5 aromatic carbocycles. The standard InChI is InChI=1S/C68H88N11O16P/c1-41(2)31-35-89-52-28-26-44-20-11-13-22-47(44)57(52)58-48-23-14-12-21-45(48)27-29-53(58)90-40-56(80)74-49(24-15-16-32-72-67(86)94-68(5,6)7)61(83)75-50(62(84)76-51(36-42(3)4)63-73-38-46(92-63)37-43-18-9-8-10-19-43)25-17-33-71-65(70)78-95-96(87,88)91-39-54-59(81)60(82)64(93-54)79-34-30-55(69)77-66(79)85/h8-14,18-23,26-30,34,38,41-42,49-51,54,59-60,64,81-82H,15-17,24-25,31-33,35-37,39-40H2,1-7H3,(H,72,86)(H,74,80)(H,75,83)(H,76,84)(H,87,88)(H2,69,77,85)(H3,70,71,78)/t49?,50?,51?,54-,59-,60-,64-/m1/s1. The van der Waals surface area contributed by atoms with Crippen LogP contribution in [0.15, 0.2) is 136 Å². The summed E-state index contributed by atoms with van der Waals surface area (Å²) < 4.78 is 53.9. The van der Waals surface area contributed by atoms with Crippen LogP contribution in [0.3, 0.4) is 0 Å². The van der Waals surface area contributed by atoms with Crippen molar-refractivity contribution in [2.75, 3.05) is 38.6 Å². The summed E-state index contributed by atoms with van der Waals surface area (Å²) >= 11 is 0. The molecule has 7 aromatic rings. The van der Waals surface area contributed by atoms with E-state index < -0.39 is 105 Å². The molecule has 8 atom stereocenters. The number of guanidine groups is 1. The van der Waals surface area contributed by atoms with E-state index in [4.69, 9.17) is 44.0 Å². The summed E-state index contributed by atoms with van der Waals surface area (Å²) in [6.07, 6.45) is -1.63. The lowest BCUT2D eigenvalue weighted by molar-refractivity contribution is -0.133. The summed E-state index contributed by atoms with van der Waals surface area (Å²) in [5, 5.41) is 36.4. The number of ether oxygens (including phenoxy) is 4. The second-order valence-corrected chi connectivity index (χ2v) is 26.6. The van der Waals surface area contributed by atoms with Gasteiger partial charge in [0.1, 0.15) is 65.1 Å². The number of aliphatic imine (C=N–C) groups is 1. The van der Waals surface area contributed by atoms with Crippen LogP contribution in [-0.2, 0) is 44.0 Å². The SMILES string of the molecule is CC(C)CCOc1ccc2ccccc2c1-c1c(OCC(=O)NC(CCCCNC(=O)OC(C)(C)C)C(=O)NC(CCCN=C(N)NOP(=O)(O)OC[C@H]2O[C@@H](n3ccc(N)nc3=O)[C@H](O)[C@@H]2O)C(=O)NC(CC(C)C)c2ncc(Cc3ccccc3)o2)ccc2ccccc12. The number of nitrogens with one attached hydrogen (secondary N) is 5. The first-order valence-electron chi connectivity index (χ1n) is 32.0. The van der Waals surface area contributed by atoms with Gasteiger partial charge in [-0.15, -0.1) is 0 Å². The molecule has 3 heterocycles. The van der Waals surface area contributed by atoms with Crippen molar-refractivity contribution in [2.24, 2.45) is 22.6 Å². The molecule has 27 nitrogen and oxygen atoms in total. The first kappa shape index (κ1) is 72.9. The predicted octanol–water partition coefficient (Wildman–Crippen LogP) is 7.80. The van der Waals surface area contributed by atoms with Crippen LogP contribution in [0.5, 0.6) is 11.5 Å². The van der Waals surface area contributed by atoms with Crippen molar-refractivity contribution in [3.8, 4) is 22.6 Å². The fourth-order valence-corrected chi connectivity index (χ4v) is 11.3. The van der Waals surface area contributed by atoms with Crippen LogP contribution in [-0.4, -0.2) is 128 Å². The molecule has 0 bridgehead atoms. The summed E-state index contributed by atoms with van der Waals surface area (Å²) in [5.41, 5.74) is 14.5. The zero-order valence-electron chi connectivity index (χ0n) is 55.0. The fourth-order valence-electron chi connectivity index (χ4n) is 10.7. The number of carbonyl (C=O) groups is 4. The summed E-state index contributed by atoms with van der Waals surface area (Å²) in [7, 11) is -5.03. The van der Waals surface area contributed by atoms with Crippen LogP contribution in [0, 0.1) is 11.8 Å². The van der Waals surface area contributed by atoms with E-state index in [0.717, 1.165) is 43.7 Å². The predicted molar refractivity (Wildman–Crippen MR) is 360 cm³/mol. The number of anilines is 1. The third kappa shape index (κ3) is 21.3. The number of amides is 4. The molecule has 1 fully saturated rings. The molecule has 8 rings (SSSR count). The van der Waals surface area contributed by atoms with E-state index in [0.29, 0.717) is 61.0 Å². The van der Waals surface area contributed by atoms with Gasteiger partial charge in [-0.2, -0.15) is 9.61 Å². The number of nitrogens with two attached hydrogens (primary N) is 2. The summed E-state index contributed by atoms with van der Waals surface area (Å²) in [6.45, 7) is 12.6. The lowest BCUT2D eigenvalue weighted by Crippen LogP contribution is -2.54. The number of hydrogen-bond donors (Lipinski definition) is 10. The molecule has 0 aliphatic carbocycles. The minimum Gasteiger partial charge on any atom is -0.493 e. The quantitative estimate of drug-likeness (QED) is 0.00616. The Bertz CT molecular complexity index is 3900. The van der Waals surface area contributed by atoms with Gasteiger partial charge in [0.15, 0.2) is 12.8 Å². The first-order chi connectivity index (χ1) is 45.8. The Balaban J connectivity index is 1.00. The van der Waals surface area contributed by atoms with E-state index in [2.05, 4.69) is 50.1 Å². The number of fused-ring (bicyclic) bond motifs is 2. The van der Waals surface area contributed by atoms with Crippen LogP contribution in [0.25, 0.3) is 32.7 Å². The Morgan fingerprint density at radius 2 is 1.41 bits per heavy atom. The van der Waals surface area contributed by atoms with E-state index in [9.17, 15) is 43.6 Å². The Kier molecular flexibility index (Phi) is 25.9. The van der Waals surface area contributed by atoms with Crippen LogP contribution in [0.1, 0.15) is 123 Å². The van der Waals surface area contributed by atoms with Crippen molar-refractivity contribution in [2.45, 2.75) is 148 Å². The lowest BCUT2D eigenvalue weighted by Gasteiger charge is -2.25. The Morgan fingerprint density at radius 1 is 0.771 bits per heavy atom. The van der Waals surface area contributed by atoms with E-state index >= 15 is 0 Å². The van der Waals surface area contributed by atoms with Crippen LogP contribution >= 0.6 is 7.82 Å². The Hall–Kier alpha value is -8.95. The van der Waals surface area contributed by atoms with Gasteiger partial charge in [0.25, 0.3) is 5.91 Å². The molecule has 1 aliphatic rings. The molecule has 4 unspecified atom stereocenters. The molecule has 516 valence electrons. The number of hydrogen-bond acceptors (Lipinski definition) is 19. The number of alkyl carbamates (subject to hydrolysis) is 1. The van der Waals surface area contributed by atoms with E-state index in [1.54, 1.807) is 27.0 Å². The van der Waals surface area contributed by atoms with E-state index in [1.807, 2.05) is 122 Å². The van der Waals surface area contributed by atoms with Crippen molar-refractivity contribution in [3.05, 3.63) is 149 Å². The smallest absolute Gasteiger partial charge is 0.493 e. The van der Waals surface area contributed by atoms with Gasteiger partial charge in [-0.3, -0.25) is 28.5 Å². The molecule has 1 aliphatic heterocycles. The molecule has 0 radical (unpaired) electrons. The number of phosphoric ester groups is 1. The molecule has 1 saturated heterocycles. The van der Waals surface area contributed by atoms with Gasteiger partial charge in [-0.1, -0.05) is 119 Å². The second kappa shape index (κ2) is 34.1. The van der Waals surface area contributed by atoms with Gasteiger partial charge in [-0.25, -0.2) is 24.6 Å². The summed E-state index contributed by atoms with van der Waals surface area (Å²) in [5.74, 6) is -0.320. The number of hydroxylamine groups is 1. The third-order valence-corrected chi connectivity index (χ3v) is 16.2. The molecule has 28 heteroatoms. The number of unbranched alkanes of at least 4 members (excludes halogenated alkanes) is 1. The van der Waals surface area contributed by atoms with Crippen molar-refractivity contribution < 1.29 is 71.4 Å². The number of aromatic nitrogens is 3. The summed E-state index contributed by atoms with van der Waals surface area (Å²) in [4.78, 5) is 91.9. The average molecular weight is 1350 g/mol. The van der Waals surface area contributed by atoms with Crippen molar-refractivity contribution in [1.82, 2.24) is 41.3 Å². The van der Waals surface area contributed by atoms with Crippen LogP contribution in [0.4, 0.5) is 10.6 Å². The summed E-state index contributed by atoms with van der Waals surface area (Å²) in [6, 6.07) is 31.1. The molecule has 12 N–H and O–H groups in total. The van der Waals surface area contributed by atoms with Gasteiger partial charge in [-0.05, 0) is 123 Å². The highest BCUT2D eigenvalue weighted by Crippen LogP contribution is 2.46. The zero-order valence-corrected chi connectivity index (χ0v) is 55.9. The number of carbonyl (C=O) groups excluding carboxylic acids is 4. The number of nitrogen functional groups attached to an aromatic ring is 1. The Morgan fingerprint density at radius 3 is 2.06 bits per heavy atom. The van der Waals surface area contributed by atoms with E-state index in [-0.39, 0.29) is 50.0 Å². The molecule has 0 saturated carbocycles. The van der Waals surface area contributed by atoms with Crippen LogP contribution < -0.4 is 53.4 Å². The number of phosphoric acid groups is 1. The van der Waals surface area contributed by atoms with Crippen LogP contribution in [0.2, 0.25) is 0 Å². The number of oxazole rings is 1. The highest BCUT2D eigenvalue weighted by Gasteiger charge is 2.45. The highest BCUT2D eigenvalue weighted by atomic mass is 31.2. The topological polar surface area (TPSA) is 387 Å². The van der Waals surface area contributed by atoms with Gasteiger partial charge < -0.3 is 71.2 Å². The lowest BCUT2D eigenvalue weighted by atomic mass is 9.92. The molecule has 2 aromatic heterocycles.